The van der Waals surface area contributed by atoms with Gasteiger partial charge in [-0.15, -0.1) is 0 Å². The molecule has 1 fully saturated rings. The molecular weight excluding hydrogens is 290 g/mol. The van der Waals surface area contributed by atoms with Crippen LogP contribution in [0.25, 0.3) is 10.9 Å². The number of hydrogen-bond donors (Lipinski definition) is 2. The molecule has 1 aromatic heterocycles. The molecule has 2 N–H and O–H groups in total. The molecule has 0 atom stereocenters. The Morgan fingerprint density at radius 3 is 2.74 bits per heavy atom. The Kier molecular flexibility index (Phi) is 4.98. The predicted octanol–water partition coefficient (Wildman–Crippen LogP) is 2.20. The second-order valence-corrected chi connectivity index (χ2v) is 6.23. The van der Waals surface area contributed by atoms with Crippen LogP contribution >= 0.6 is 0 Å². The summed E-state index contributed by atoms with van der Waals surface area (Å²) in [6, 6.07) is 5.49. The largest absolute Gasteiger partial charge is 0.478 e. The Hall–Kier alpha value is -1.85. The summed E-state index contributed by atoms with van der Waals surface area (Å²) < 4.78 is 2.20. The van der Waals surface area contributed by atoms with E-state index in [1.54, 1.807) is 6.07 Å². The molecule has 0 bridgehead atoms. The van der Waals surface area contributed by atoms with Crippen LogP contribution in [0.3, 0.4) is 0 Å². The Morgan fingerprint density at radius 2 is 2.04 bits per heavy atom. The standard InChI is InChI=1S/C18H25N3O2/c1-2-8-21-13-15(5-9-20-10-6-19-7-11-20)16-4-3-14(18(22)23)12-17(16)21/h3-4,12-13,19H,2,5-11H2,1H3,(H,22,23). The predicted molar refractivity (Wildman–Crippen MR) is 92.2 cm³/mol. The zero-order chi connectivity index (χ0) is 16.2. The molecule has 23 heavy (non-hydrogen) atoms. The highest BCUT2D eigenvalue weighted by atomic mass is 16.4. The lowest BCUT2D eigenvalue weighted by molar-refractivity contribution is 0.0697. The van der Waals surface area contributed by atoms with Gasteiger partial charge >= 0.3 is 5.97 Å². The first-order valence-corrected chi connectivity index (χ1v) is 8.47. The lowest BCUT2D eigenvalue weighted by atomic mass is 10.1. The second-order valence-electron chi connectivity index (χ2n) is 6.23. The number of carboxylic acid groups (broad SMARTS) is 1. The third kappa shape index (κ3) is 3.57. The molecule has 5 heteroatoms. The third-order valence-electron chi connectivity index (χ3n) is 4.58. The van der Waals surface area contributed by atoms with Gasteiger partial charge in [-0.1, -0.05) is 13.0 Å². The zero-order valence-electron chi connectivity index (χ0n) is 13.7. The van der Waals surface area contributed by atoms with Gasteiger partial charge in [0.1, 0.15) is 0 Å². The Labute approximate surface area is 136 Å². The number of hydrogen-bond acceptors (Lipinski definition) is 3. The van der Waals surface area contributed by atoms with Crippen molar-refractivity contribution in [3.63, 3.8) is 0 Å². The van der Waals surface area contributed by atoms with Gasteiger partial charge in [0.05, 0.1) is 5.56 Å². The smallest absolute Gasteiger partial charge is 0.335 e. The van der Waals surface area contributed by atoms with Gasteiger partial charge in [-0.05, 0) is 30.5 Å². The number of rotatable bonds is 6. The summed E-state index contributed by atoms with van der Waals surface area (Å²) in [4.78, 5) is 13.7. The van der Waals surface area contributed by atoms with Crippen LogP contribution in [0.2, 0.25) is 0 Å². The molecule has 1 saturated heterocycles. The molecule has 0 spiro atoms. The molecule has 2 aromatic rings. The summed E-state index contributed by atoms with van der Waals surface area (Å²) in [7, 11) is 0. The normalized spacial score (nSPS) is 16.0. The van der Waals surface area contributed by atoms with Crippen LogP contribution in [0.4, 0.5) is 0 Å². The molecule has 3 rings (SSSR count). The van der Waals surface area contributed by atoms with Crippen LogP contribution in [-0.2, 0) is 13.0 Å². The molecule has 5 nitrogen and oxygen atoms in total. The molecule has 1 aliphatic rings. The van der Waals surface area contributed by atoms with Gasteiger partial charge in [0, 0.05) is 56.4 Å². The molecule has 0 amide bonds. The summed E-state index contributed by atoms with van der Waals surface area (Å²) in [6.45, 7) is 8.49. The van der Waals surface area contributed by atoms with Gasteiger partial charge in [0.2, 0.25) is 0 Å². The molecule has 2 heterocycles. The first-order chi connectivity index (χ1) is 11.2. The SMILES string of the molecule is CCCn1cc(CCN2CCNCC2)c2ccc(C(=O)O)cc21. The van der Waals surface area contributed by atoms with Crippen LogP contribution in [0.5, 0.6) is 0 Å². The number of aromatic nitrogens is 1. The van der Waals surface area contributed by atoms with Crippen LogP contribution in [0.15, 0.2) is 24.4 Å². The minimum absolute atomic E-state index is 0.363. The highest BCUT2D eigenvalue weighted by Crippen LogP contribution is 2.24. The van der Waals surface area contributed by atoms with E-state index in [-0.39, 0.29) is 0 Å². The number of aryl methyl sites for hydroxylation is 1. The summed E-state index contributed by atoms with van der Waals surface area (Å²) >= 11 is 0. The molecule has 1 aliphatic heterocycles. The van der Waals surface area contributed by atoms with Gasteiger partial charge in [-0.3, -0.25) is 0 Å². The average molecular weight is 315 g/mol. The maximum Gasteiger partial charge on any atom is 0.335 e. The van der Waals surface area contributed by atoms with Gasteiger partial charge in [0.15, 0.2) is 0 Å². The number of piperazine rings is 1. The molecule has 0 aliphatic carbocycles. The van der Waals surface area contributed by atoms with Crippen LogP contribution < -0.4 is 5.32 Å². The lowest BCUT2D eigenvalue weighted by Gasteiger charge is -2.26. The summed E-state index contributed by atoms with van der Waals surface area (Å²) in [5.41, 5.74) is 2.73. The summed E-state index contributed by atoms with van der Waals surface area (Å²) in [5, 5.41) is 13.8. The van der Waals surface area contributed by atoms with Crippen molar-refractivity contribution in [3.8, 4) is 0 Å². The minimum Gasteiger partial charge on any atom is -0.478 e. The Morgan fingerprint density at radius 1 is 1.26 bits per heavy atom. The monoisotopic (exact) mass is 315 g/mol. The van der Waals surface area contributed by atoms with Gasteiger partial charge < -0.3 is 19.9 Å². The van der Waals surface area contributed by atoms with Gasteiger partial charge in [0.25, 0.3) is 0 Å². The minimum atomic E-state index is -0.862. The van der Waals surface area contributed by atoms with E-state index in [9.17, 15) is 9.90 Å². The van der Waals surface area contributed by atoms with Gasteiger partial charge in [-0.2, -0.15) is 0 Å². The first kappa shape index (κ1) is 16.0. The number of aromatic carboxylic acids is 1. The van der Waals surface area contributed by atoms with E-state index in [1.165, 1.54) is 10.9 Å². The second kappa shape index (κ2) is 7.15. The fraction of sp³-hybridized carbons (Fsp3) is 0.500. The third-order valence-corrected chi connectivity index (χ3v) is 4.58. The number of nitrogens with one attached hydrogen (secondary N) is 1. The lowest BCUT2D eigenvalue weighted by Crippen LogP contribution is -2.44. The number of fused-ring (bicyclic) bond motifs is 1. The summed E-state index contributed by atoms with van der Waals surface area (Å²) in [6.07, 6.45) is 4.26. The molecule has 1 aromatic carbocycles. The van der Waals surface area contributed by atoms with Crippen molar-refractivity contribution >= 4 is 16.9 Å². The highest BCUT2D eigenvalue weighted by molar-refractivity contribution is 5.94. The van der Waals surface area contributed by atoms with E-state index in [0.29, 0.717) is 5.56 Å². The van der Waals surface area contributed by atoms with E-state index in [0.717, 1.165) is 57.6 Å². The number of carboxylic acids is 1. The number of carbonyl (C=O) groups is 1. The number of benzene rings is 1. The topological polar surface area (TPSA) is 57.5 Å². The van der Waals surface area contributed by atoms with Crippen LogP contribution in [0.1, 0.15) is 29.3 Å². The van der Waals surface area contributed by atoms with Crippen molar-refractivity contribution < 1.29 is 9.90 Å². The van der Waals surface area contributed by atoms with E-state index in [1.807, 2.05) is 12.1 Å². The maximum atomic E-state index is 11.2. The average Bonchev–Trinajstić information content (AvgIpc) is 2.91. The first-order valence-electron chi connectivity index (χ1n) is 8.47. The van der Waals surface area contributed by atoms with Crippen molar-refractivity contribution in [2.45, 2.75) is 26.3 Å². The van der Waals surface area contributed by atoms with E-state index in [2.05, 4.69) is 27.9 Å². The van der Waals surface area contributed by atoms with Crippen LogP contribution in [-0.4, -0.2) is 53.3 Å². The van der Waals surface area contributed by atoms with Crippen molar-refractivity contribution in [3.05, 3.63) is 35.5 Å². The van der Waals surface area contributed by atoms with E-state index >= 15 is 0 Å². The van der Waals surface area contributed by atoms with Crippen molar-refractivity contribution in [1.29, 1.82) is 0 Å². The van der Waals surface area contributed by atoms with Crippen LogP contribution in [0, 0.1) is 0 Å². The van der Waals surface area contributed by atoms with E-state index < -0.39 is 5.97 Å². The number of nitrogens with zero attached hydrogens (tertiary/aromatic N) is 2. The molecule has 0 radical (unpaired) electrons. The quantitative estimate of drug-likeness (QED) is 0.858. The van der Waals surface area contributed by atoms with Crippen molar-refractivity contribution in [1.82, 2.24) is 14.8 Å². The molecular formula is C18H25N3O2. The molecule has 124 valence electrons. The van der Waals surface area contributed by atoms with Crippen molar-refractivity contribution in [2.75, 3.05) is 32.7 Å². The Bertz CT molecular complexity index is 687. The molecule has 0 unspecified atom stereocenters. The highest BCUT2D eigenvalue weighted by Gasteiger charge is 2.14. The molecule has 0 saturated carbocycles. The zero-order valence-corrected chi connectivity index (χ0v) is 13.7. The fourth-order valence-corrected chi connectivity index (χ4v) is 3.34. The van der Waals surface area contributed by atoms with E-state index in [4.69, 9.17) is 0 Å². The van der Waals surface area contributed by atoms with Gasteiger partial charge in [-0.25, -0.2) is 4.79 Å². The fourth-order valence-electron chi connectivity index (χ4n) is 3.34. The van der Waals surface area contributed by atoms with Crippen molar-refractivity contribution in [2.24, 2.45) is 0 Å². The Balaban J connectivity index is 1.85. The maximum absolute atomic E-state index is 11.2. The summed E-state index contributed by atoms with van der Waals surface area (Å²) in [5.74, 6) is -0.862.